The van der Waals surface area contributed by atoms with E-state index in [2.05, 4.69) is 24.5 Å². The van der Waals surface area contributed by atoms with Crippen molar-refractivity contribution in [2.24, 2.45) is 5.41 Å². The second-order valence-electron chi connectivity index (χ2n) is 8.93. The number of benzene rings is 1. The molecule has 26 heavy (non-hydrogen) atoms. The van der Waals surface area contributed by atoms with Crippen LogP contribution in [0, 0.1) is 5.41 Å². The van der Waals surface area contributed by atoms with E-state index in [4.69, 9.17) is 9.72 Å². The van der Waals surface area contributed by atoms with E-state index in [1.165, 1.54) is 24.9 Å². The number of fused-ring (bicyclic) bond motifs is 1. The fraction of sp³-hybridized carbons (Fsp3) is 0.619. The molecule has 0 amide bonds. The SMILES string of the molecule is CCOC(=O)C(C)(C)c1ccc2nc(C[C@]3(C)CC[Si@@H](C)CC3)[nH]c2c1. The Labute approximate surface area is 158 Å². The monoisotopic (exact) mass is 372 g/mol. The number of nitrogens with one attached hydrogen (secondary N) is 1. The van der Waals surface area contributed by atoms with Crippen molar-refractivity contribution in [3.8, 4) is 0 Å². The number of esters is 1. The zero-order valence-electron chi connectivity index (χ0n) is 16.8. The number of carbonyl (C=O) groups is 1. The molecule has 1 aromatic heterocycles. The van der Waals surface area contributed by atoms with Gasteiger partial charge in [0.05, 0.1) is 23.1 Å². The molecule has 1 aliphatic rings. The quantitative estimate of drug-likeness (QED) is 0.616. The van der Waals surface area contributed by atoms with Gasteiger partial charge in [-0.25, -0.2) is 4.98 Å². The first-order chi connectivity index (χ1) is 12.2. The van der Waals surface area contributed by atoms with Crippen LogP contribution in [0.2, 0.25) is 18.6 Å². The van der Waals surface area contributed by atoms with Gasteiger partial charge in [0.25, 0.3) is 0 Å². The van der Waals surface area contributed by atoms with E-state index >= 15 is 0 Å². The molecule has 0 saturated carbocycles. The highest BCUT2D eigenvalue weighted by Crippen LogP contribution is 2.39. The van der Waals surface area contributed by atoms with Crippen molar-refractivity contribution in [1.29, 1.82) is 0 Å². The zero-order chi connectivity index (χ0) is 18.9. The number of hydrogen-bond acceptors (Lipinski definition) is 3. The number of nitrogens with zero attached hydrogens (tertiary/aromatic N) is 1. The smallest absolute Gasteiger partial charge is 0.315 e. The highest BCUT2D eigenvalue weighted by Gasteiger charge is 2.33. The summed E-state index contributed by atoms with van der Waals surface area (Å²) in [4.78, 5) is 20.6. The van der Waals surface area contributed by atoms with Crippen LogP contribution in [0.25, 0.3) is 11.0 Å². The maximum atomic E-state index is 12.3. The van der Waals surface area contributed by atoms with Crippen LogP contribution in [-0.2, 0) is 21.4 Å². The molecule has 1 aliphatic heterocycles. The molecule has 0 atom stereocenters. The summed E-state index contributed by atoms with van der Waals surface area (Å²) in [6.07, 6.45) is 3.68. The fourth-order valence-electron chi connectivity index (χ4n) is 4.00. The molecule has 4 nitrogen and oxygen atoms in total. The fourth-order valence-corrected chi connectivity index (χ4v) is 6.67. The van der Waals surface area contributed by atoms with Gasteiger partial charge in [0.15, 0.2) is 0 Å². The normalized spacial score (nSPS) is 24.0. The van der Waals surface area contributed by atoms with Crippen molar-refractivity contribution in [3.63, 3.8) is 0 Å². The van der Waals surface area contributed by atoms with Crippen LogP contribution in [0.5, 0.6) is 0 Å². The molecular weight excluding hydrogens is 340 g/mol. The molecular formula is C21H32N2O2Si. The number of rotatable bonds is 5. The Balaban J connectivity index is 1.82. The predicted molar refractivity (Wildman–Crippen MR) is 109 cm³/mol. The average molecular weight is 373 g/mol. The second-order valence-corrected chi connectivity index (χ2v) is 12.3. The van der Waals surface area contributed by atoms with Crippen LogP contribution in [0.15, 0.2) is 18.2 Å². The first kappa shape index (κ1) is 19.1. The predicted octanol–water partition coefficient (Wildman–Crippen LogP) is 4.60. The number of aromatic nitrogens is 2. The third kappa shape index (κ3) is 3.87. The maximum absolute atomic E-state index is 12.3. The minimum absolute atomic E-state index is 0.188. The Morgan fingerprint density at radius 1 is 1.35 bits per heavy atom. The van der Waals surface area contributed by atoms with Crippen molar-refractivity contribution in [2.75, 3.05) is 6.61 Å². The van der Waals surface area contributed by atoms with Gasteiger partial charge in [-0.2, -0.15) is 0 Å². The van der Waals surface area contributed by atoms with Gasteiger partial charge in [-0.1, -0.05) is 44.5 Å². The number of H-pyrrole nitrogens is 1. The molecule has 0 aliphatic carbocycles. The topological polar surface area (TPSA) is 55.0 Å². The van der Waals surface area contributed by atoms with Crippen molar-refractivity contribution < 1.29 is 9.53 Å². The second kappa shape index (κ2) is 7.18. The lowest BCUT2D eigenvalue weighted by Gasteiger charge is -2.35. The molecule has 0 bridgehead atoms. The Morgan fingerprint density at radius 2 is 2.04 bits per heavy atom. The van der Waals surface area contributed by atoms with Crippen molar-refractivity contribution in [3.05, 3.63) is 29.6 Å². The summed E-state index contributed by atoms with van der Waals surface area (Å²) in [6, 6.07) is 8.98. The third-order valence-electron chi connectivity index (χ3n) is 6.11. The molecule has 1 aromatic carbocycles. The Kier molecular flexibility index (Phi) is 5.29. The van der Waals surface area contributed by atoms with Crippen LogP contribution in [0.4, 0.5) is 0 Å². The lowest BCUT2D eigenvalue weighted by Crippen LogP contribution is -2.31. The number of hydrogen-bond donors (Lipinski definition) is 1. The first-order valence-electron chi connectivity index (χ1n) is 9.90. The standard InChI is InChI=1S/C21H32N2O2Si/c1-6-25-19(24)20(2,3)15-7-8-16-17(13-15)23-18(22-16)14-21(4)9-11-26(5)12-10-21/h7-8,13,26H,6,9-12,14H2,1-5H3,(H,22,23)/t21-,26-. The minimum atomic E-state index is -0.661. The summed E-state index contributed by atoms with van der Waals surface area (Å²) < 4.78 is 5.24. The Hall–Kier alpha value is -1.62. The van der Waals surface area contributed by atoms with Crippen LogP contribution >= 0.6 is 0 Å². The van der Waals surface area contributed by atoms with Crippen LogP contribution in [0.1, 0.15) is 51.9 Å². The van der Waals surface area contributed by atoms with Crippen LogP contribution in [0.3, 0.4) is 0 Å². The van der Waals surface area contributed by atoms with Gasteiger partial charge in [0.2, 0.25) is 0 Å². The largest absolute Gasteiger partial charge is 0.465 e. The summed E-state index contributed by atoms with van der Waals surface area (Å²) in [6.45, 7) is 11.0. The van der Waals surface area contributed by atoms with E-state index in [1.54, 1.807) is 0 Å². The molecule has 5 heteroatoms. The number of carbonyl (C=O) groups excluding carboxylic acids is 1. The van der Waals surface area contributed by atoms with Gasteiger partial charge >= 0.3 is 5.97 Å². The average Bonchev–Trinajstić information content (AvgIpc) is 2.98. The van der Waals surface area contributed by atoms with E-state index in [0.717, 1.165) is 28.8 Å². The van der Waals surface area contributed by atoms with E-state index in [0.29, 0.717) is 12.0 Å². The summed E-state index contributed by atoms with van der Waals surface area (Å²) in [5, 5.41) is 0. The maximum Gasteiger partial charge on any atom is 0.315 e. The number of aromatic amines is 1. The van der Waals surface area contributed by atoms with Gasteiger partial charge < -0.3 is 9.72 Å². The molecule has 2 aromatic rings. The van der Waals surface area contributed by atoms with E-state index in [1.807, 2.05) is 32.9 Å². The van der Waals surface area contributed by atoms with Crippen molar-refractivity contribution in [2.45, 2.75) is 71.0 Å². The summed E-state index contributed by atoms with van der Waals surface area (Å²) in [5.41, 5.74) is 2.66. The first-order valence-corrected chi connectivity index (χ1v) is 12.7. The molecule has 0 unspecified atom stereocenters. The van der Waals surface area contributed by atoms with Crippen molar-refractivity contribution >= 4 is 25.8 Å². The van der Waals surface area contributed by atoms with Crippen LogP contribution < -0.4 is 0 Å². The number of ether oxygens (including phenoxy) is 1. The summed E-state index contributed by atoms with van der Waals surface area (Å²) in [7, 11) is -0.430. The van der Waals surface area contributed by atoms with Crippen molar-refractivity contribution in [1.82, 2.24) is 9.97 Å². The molecule has 0 spiro atoms. The Morgan fingerprint density at radius 3 is 2.69 bits per heavy atom. The lowest BCUT2D eigenvalue weighted by molar-refractivity contribution is -0.148. The molecule has 2 heterocycles. The summed E-state index contributed by atoms with van der Waals surface area (Å²) >= 11 is 0. The van der Waals surface area contributed by atoms with Gasteiger partial charge in [0, 0.05) is 15.2 Å². The van der Waals surface area contributed by atoms with E-state index < -0.39 is 14.2 Å². The molecule has 3 rings (SSSR count). The van der Waals surface area contributed by atoms with E-state index in [9.17, 15) is 4.79 Å². The number of imidazole rings is 1. The molecule has 0 radical (unpaired) electrons. The highest BCUT2D eigenvalue weighted by molar-refractivity contribution is 6.57. The lowest BCUT2D eigenvalue weighted by atomic mass is 9.81. The summed E-state index contributed by atoms with van der Waals surface area (Å²) in [5.74, 6) is 0.886. The molecule has 1 saturated heterocycles. The highest BCUT2D eigenvalue weighted by atomic mass is 28.3. The van der Waals surface area contributed by atoms with Crippen LogP contribution in [-0.4, -0.2) is 31.3 Å². The molecule has 1 N–H and O–H groups in total. The van der Waals surface area contributed by atoms with Gasteiger partial charge in [-0.15, -0.1) is 0 Å². The van der Waals surface area contributed by atoms with E-state index in [-0.39, 0.29) is 5.97 Å². The van der Waals surface area contributed by atoms with Gasteiger partial charge in [0.1, 0.15) is 5.82 Å². The third-order valence-corrected chi connectivity index (χ3v) is 8.66. The van der Waals surface area contributed by atoms with Gasteiger partial charge in [-0.3, -0.25) is 4.79 Å². The molecule has 142 valence electrons. The van der Waals surface area contributed by atoms with Gasteiger partial charge in [-0.05, 0) is 43.9 Å². The Bertz CT molecular complexity index is 788. The minimum Gasteiger partial charge on any atom is -0.465 e. The molecule has 1 fully saturated rings. The zero-order valence-corrected chi connectivity index (χ0v) is 18.0.